The quantitative estimate of drug-likeness (QED) is 0.116. The van der Waals surface area contributed by atoms with E-state index in [1.807, 2.05) is 74.5 Å². The van der Waals surface area contributed by atoms with Crippen molar-refractivity contribution in [2.24, 2.45) is 0 Å². The number of halogens is 1. The SMILES string of the molecule is CC(C)(I)C(=O)Oc1ccc([S+]2c3ccccc3Oc3ccccc32)cc1. The molecular formula is C22H18IO3S+. The van der Waals surface area contributed by atoms with Gasteiger partial charge in [0.05, 0.1) is 0 Å². The molecule has 0 spiro atoms. The molecule has 0 aliphatic carbocycles. The third-order valence-corrected chi connectivity index (χ3v) is 6.85. The van der Waals surface area contributed by atoms with Crippen LogP contribution in [0.5, 0.6) is 17.2 Å². The molecular weight excluding hydrogens is 471 g/mol. The molecule has 3 nitrogen and oxygen atoms in total. The van der Waals surface area contributed by atoms with E-state index in [0.29, 0.717) is 5.75 Å². The summed E-state index contributed by atoms with van der Waals surface area (Å²) >= 11 is 2.08. The fourth-order valence-electron chi connectivity index (χ4n) is 2.77. The normalized spacial score (nSPS) is 13.3. The fraction of sp³-hybridized carbons (Fsp3) is 0.136. The maximum absolute atomic E-state index is 12.1. The van der Waals surface area contributed by atoms with Crippen molar-refractivity contribution >= 4 is 39.5 Å². The number of alkyl halides is 1. The predicted octanol–water partition coefficient (Wildman–Crippen LogP) is 6.01. The largest absolute Gasteiger partial charge is 0.447 e. The second-order valence-electron chi connectivity index (χ2n) is 6.64. The van der Waals surface area contributed by atoms with Crippen molar-refractivity contribution in [3.63, 3.8) is 0 Å². The lowest BCUT2D eigenvalue weighted by Crippen LogP contribution is -2.28. The second kappa shape index (κ2) is 7.20. The summed E-state index contributed by atoms with van der Waals surface area (Å²) in [6.07, 6.45) is 0. The summed E-state index contributed by atoms with van der Waals surface area (Å²) in [4.78, 5) is 15.6. The average Bonchev–Trinajstić information content (AvgIpc) is 2.66. The predicted molar refractivity (Wildman–Crippen MR) is 115 cm³/mol. The summed E-state index contributed by atoms with van der Waals surface area (Å²) in [6.45, 7) is 3.67. The van der Waals surface area contributed by atoms with Crippen LogP contribution in [-0.4, -0.2) is 9.39 Å². The van der Waals surface area contributed by atoms with E-state index in [9.17, 15) is 4.79 Å². The molecule has 0 amide bonds. The molecule has 0 aromatic heterocycles. The molecule has 1 heterocycles. The number of fused-ring (bicyclic) bond motifs is 2. The van der Waals surface area contributed by atoms with Gasteiger partial charge in [-0.25, -0.2) is 0 Å². The molecule has 3 aromatic rings. The smallest absolute Gasteiger partial charge is 0.326 e. The number of carbonyl (C=O) groups excluding carboxylic acids is 1. The molecule has 1 aliphatic heterocycles. The van der Waals surface area contributed by atoms with Crippen molar-refractivity contribution in [2.75, 3.05) is 0 Å². The second-order valence-corrected chi connectivity index (χ2v) is 11.3. The third kappa shape index (κ3) is 3.71. The molecule has 0 saturated carbocycles. The van der Waals surface area contributed by atoms with Crippen molar-refractivity contribution in [1.82, 2.24) is 0 Å². The summed E-state index contributed by atoms with van der Waals surface area (Å²) in [5, 5.41) is 0. The molecule has 0 saturated heterocycles. The van der Waals surface area contributed by atoms with Crippen LogP contribution in [0.4, 0.5) is 0 Å². The zero-order valence-electron chi connectivity index (χ0n) is 14.9. The van der Waals surface area contributed by atoms with Crippen LogP contribution in [0, 0.1) is 0 Å². The van der Waals surface area contributed by atoms with E-state index >= 15 is 0 Å². The zero-order chi connectivity index (χ0) is 19.0. The molecule has 0 atom stereocenters. The van der Waals surface area contributed by atoms with Crippen LogP contribution < -0.4 is 9.47 Å². The van der Waals surface area contributed by atoms with Crippen LogP contribution in [0.15, 0.2) is 87.5 Å². The number of hydrogen-bond acceptors (Lipinski definition) is 3. The molecule has 3 aromatic carbocycles. The lowest BCUT2D eigenvalue weighted by atomic mass is 10.2. The van der Waals surface area contributed by atoms with Crippen molar-refractivity contribution in [2.45, 2.75) is 32.0 Å². The highest BCUT2D eigenvalue weighted by atomic mass is 127. The number of esters is 1. The van der Waals surface area contributed by atoms with Crippen LogP contribution >= 0.6 is 22.6 Å². The Hall–Kier alpha value is -1.99. The van der Waals surface area contributed by atoms with Gasteiger partial charge in [-0.05, 0) is 62.4 Å². The van der Waals surface area contributed by atoms with Crippen LogP contribution in [0.3, 0.4) is 0 Å². The highest BCUT2D eigenvalue weighted by Crippen LogP contribution is 2.46. The molecule has 1 aliphatic rings. The fourth-order valence-corrected chi connectivity index (χ4v) is 5.08. The van der Waals surface area contributed by atoms with Gasteiger partial charge >= 0.3 is 5.97 Å². The Balaban J connectivity index is 1.71. The van der Waals surface area contributed by atoms with Crippen molar-refractivity contribution in [3.8, 4) is 17.2 Å². The number of para-hydroxylation sites is 2. The molecule has 0 fully saturated rings. The summed E-state index contributed by atoms with van der Waals surface area (Å²) in [7, 11) is -0.263. The van der Waals surface area contributed by atoms with Gasteiger partial charge in [0.25, 0.3) is 0 Å². The zero-order valence-corrected chi connectivity index (χ0v) is 17.9. The maximum atomic E-state index is 12.1. The highest BCUT2D eigenvalue weighted by Gasteiger charge is 2.39. The average molecular weight is 489 g/mol. The Morgan fingerprint density at radius 3 is 1.93 bits per heavy atom. The first kappa shape index (κ1) is 18.4. The molecule has 4 rings (SSSR count). The Bertz CT molecular complexity index is 947. The first-order valence-corrected chi connectivity index (χ1v) is 10.9. The van der Waals surface area contributed by atoms with Gasteiger partial charge in [-0.3, -0.25) is 4.79 Å². The van der Waals surface area contributed by atoms with Gasteiger partial charge in [-0.15, -0.1) is 0 Å². The minimum Gasteiger partial charge on any atom is -0.447 e. The van der Waals surface area contributed by atoms with E-state index < -0.39 is 3.42 Å². The maximum Gasteiger partial charge on any atom is 0.326 e. The van der Waals surface area contributed by atoms with Crippen LogP contribution in [0.25, 0.3) is 0 Å². The van der Waals surface area contributed by atoms with Crippen molar-refractivity contribution < 1.29 is 14.3 Å². The van der Waals surface area contributed by atoms with Gasteiger partial charge in [-0.2, -0.15) is 0 Å². The number of ether oxygens (including phenoxy) is 2. The van der Waals surface area contributed by atoms with Gasteiger partial charge in [0.15, 0.2) is 16.4 Å². The minimum absolute atomic E-state index is 0.250. The first-order valence-electron chi connectivity index (χ1n) is 8.55. The van der Waals surface area contributed by atoms with Gasteiger partial charge in [0, 0.05) is 0 Å². The Labute approximate surface area is 175 Å². The lowest BCUT2D eigenvalue weighted by molar-refractivity contribution is -0.135. The lowest BCUT2D eigenvalue weighted by Gasteiger charge is -2.19. The number of rotatable bonds is 3. The Morgan fingerprint density at radius 2 is 1.41 bits per heavy atom. The summed E-state index contributed by atoms with van der Waals surface area (Å²) in [6, 6.07) is 24.1. The molecule has 136 valence electrons. The standard InChI is InChI=1S/C22H18IO3S/c1-22(2,23)21(24)25-15-11-13-16(14-12-15)27-19-9-5-3-7-17(19)26-18-8-4-6-10-20(18)27/h3-14H,1-2H3/q+1. The van der Waals surface area contributed by atoms with Crippen molar-refractivity contribution in [3.05, 3.63) is 72.8 Å². The molecule has 0 radical (unpaired) electrons. The first-order chi connectivity index (χ1) is 12.9. The third-order valence-electron chi connectivity index (χ3n) is 4.11. The van der Waals surface area contributed by atoms with Crippen LogP contribution in [0.2, 0.25) is 0 Å². The van der Waals surface area contributed by atoms with E-state index in [2.05, 4.69) is 34.7 Å². The summed E-state index contributed by atoms with van der Waals surface area (Å²) in [5.41, 5.74) is 0. The molecule has 0 unspecified atom stereocenters. The van der Waals surface area contributed by atoms with Gasteiger partial charge in [0.2, 0.25) is 9.79 Å². The van der Waals surface area contributed by atoms with E-state index in [-0.39, 0.29) is 16.9 Å². The van der Waals surface area contributed by atoms with Gasteiger partial charge < -0.3 is 9.47 Å². The van der Waals surface area contributed by atoms with E-state index in [4.69, 9.17) is 9.47 Å². The number of carbonyl (C=O) groups is 1. The van der Waals surface area contributed by atoms with E-state index in [0.717, 1.165) is 26.2 Å². The topological polar surface area (TPSA) is 35.5 Å². The molecule has 5 heteroatoms. The summed E-state index contributed by atoms with van der Waals surface area (Å²) in [5.74, 6) is 2.09. The van der Waals surface area contributed by atoms with Crippen molar-refractivity contribution in [1.29, 1.82) is 0 Å². The Morgan fingerprint density at radius 1 is 0.889 bits per heavy atom. The monoisotopic (exact) mass is 489 g/mol. The molecule has 27 heavy (non-hydrogen) atoms. The minimum atomic E-state index is -0.559. The van der Waals surface area contributed by atoms with Gasteiger partial charge in [0.1, 0.15) is 20.1 Å². The summed E-state index contributed by atoms with van der Waals surface area (Å²) < 4.78 is 11.0. The molecule has 0 N–H and O–H groups in total. The van der Waals surface area contributed by atoms with Crippen LogP contribution in [0.1, 0.15) is 13.8 Å². The van der Waals surface area contributed by atoms with E-state index in [1.165, 1.54) is 0 Å². The molecule has 0 bridgehead atoms. The number of benzene rings is 3. The highest BCUT2D eigenvalue weighted by molar-refractivity contribution is 14.1. The van der Waals surface area contributed by atoms with Gasteiger partial charge in [-0.1, -0.05) is 46.9 Å². The number of hydrogen-bond donors (Lipinski definition) is 0. The van der Waals surface area contributed by atoms with E-state index in [1.54, 1.807) is 0 Å². The Kier molecular flexibility index (Phi) is 4.90. The van der Waals surface area contributed by atoms with Crippen LogP contribution in [-0.2, 0) is 15.7 Å².